The fourth-order valence-electron chi connectivity index (χ4n) is 2.78. The molecule has 0 aromatic heterocycles. The van der Waals surface area contributed by atoms with E-state index in [4.69, 9.17) is 15.2 Å². The lowest BCUT2D eigenvalue weighted by atomic mass is 9.72. The summed E-state index contributed by atoms with van der Waals surface area (Å²) in [4.78, 5) is 0. The number of benzene rings is 2. The molecule has 3 rings (SSSR count). The third kappa shape index (κ3) is 1.99. The summed E-state index contributed by atoms with van der Waals surface area (Å²) in [6, 6.07) is 16.6. The Morgan fingerprint density at radius 1 is 1.10 bits per heavy atom. The molecular weight excluding hydrogens is 250 g/mol. The molecule has 1 saturated heterocycles. The zero-order chi connectivity index (χ0) is 14.0. The average molecular weight is 269 g/mol. The van der Waals surface area contributed by atoms with Gasteiger partial charge in [0.2, 0.25) is 0 Å². The van der Waals surface area contributed by atoms with Gasteiger partial charge in [-0.3, -0.25) is 0 Å². The second-order valence-corrected chi connectivity index (χ2v) is 5.18. The standard InChI is InChI=1S/C17H19NO2/c1-19-16-5-3-2-4-15(16)17(11-20-12-17)14-8-6-13(10-18)7-9-14/h2-9H,10-12,18H2,1H3. The maximum atomic E-state index is 5.67. The molecule has 0 aliphatic carbocycles. The molecule has 1 fully saturated rings. The largest absolute Gasteiger partial charge is 0.496 e. The summed E-state index contributed by atoms with van der Waals surface area (Å²) < 4.78 is 11.0. The van der Waals surface area contributed by atoms with Gasteiger partial charge in [0.15, 0.2) is 0 Å². The van der Waals surface area contributed by atoms with Crippen molar-refractivity contribution in [3.63, 3.8) is 0 Å². The van der Waals surface area contributed by atoms with Crippen LogP contribution in [0.2, 0.25) is 0 Å². The molecule has 0 unspecified atom stereocenters. The molecule has 3 heteroatoms. The highest BCUT2D eigenvalue weighted by Gasteiger charge is 2.43. The van der Waals surface area contributed by atoms with E-state index in [1.165, 1.54) is 11.1 Å². The highest BCUT2D eigenvalue weighted by Crippen LogP contribution is 2.43. The summed E-state index contributed by atoms with van der Waals surface area (Å²) in [6.07, 6.45) is 0. The normalized spacial score (nSPS) is 16.5. The van der Waals surface area contributed by atoms with Gasteiger partial charge >= 0.3 is 0 Å². The monoisotopic (exact) mass is 269 g/mol. The summed E-state index contributed by atoms with van der Waals surface area (Å²) in [6.45, 7) is 1.95. The Hall–Kier alpha value is -1.84. The maximum Gasteiger partial charge on any atom is 0.123 e. The van der Waals surface area contributed by atoms with Crippen LogP contribution in [0.1, 0.15) is 16.7 Å². The van der Waals surface area contributed by atoms with E-state index in [-0.39, 0.29) is 5.41 Å². The number of ether oxygens (including phenoxy) is 2. The molecule has 0 amide bonds. The van der Waals surface area contributed by atoms with Gasteiger partial charge in [-0.05, 0) is 17.2 Å². The molecule has 2 N–H and O–H groups in total. The zero-order valence-corrected chi connectivity index (χ0v) is 11.6. The van der Waals surface area contributed by atoms with Crippen LogP contribution in [0.25, 0.3) is 0 Å². The Kier molecular flexibility index (Phi) is 3.47. The summed E-state index contributed by atoms with van der Waals surface area (Å²) in [7, 11) is 1.71. The van der Waals surface area contributed by atoms with Gasteiger partial charge in [0, 0.05) is 12.1 Å². The van der Waals surface area contributed by atoms with Crippen LogP contribution in [0.15, 0.2) is 48.5 Å². The van der Waals surface area contributed by atoms with Gasteiger partial charge in [-0.1, -0.05) is 42.5 Å². The van der Waals surface area contributed by atoms with Crippen molar-refractivity contribution in [1.29, 1.82) is 0 Å². The van der Waals surface area contributed by atoms with Crippen LogP contribution in [-0.2, 0) is 16.7 Å². The summed E-state index contributed by atoms with van der Waals surface area (Å²) >= 11 is 0. The summed E-state index contributed by atoms with van der Waals surface area (Å²) in [5.74, 6) is 0.915. The molecular formula is C17H19NO2. The third-order valence-corrected chi connectivity index (χ3v) is 4.06. The molecule has 0 bridgehead atoms. The van der Waals surface area contributed by atoms with E-state index in [1.54, 1.807) is 7.11 Å². The molecule has 1 heterocycles. The first-order chi connectivity index (χ1) is 9.80. The van der Waals surface area contributed by atoms with Crippen molar-refractivity contribution in [3.8, 4) is 5.75 Å². The second kappa shape index (κ2) is 5.27. The lowest BCUT2D eigenvalue weighted by molar-refractivity contribution is -0.0389. The fourth-order valence-corrected chi connectivity index (χ4v) is 2.78. The number of hydrogen-bond acceptors (Lipinski definition) is 3. The van der Waals surface area contributed by atoms with E-state index < -0.39 is 0 Å². The molecule has 1 aliphatic rings. The Morgan fingerprint density at radius 3 is 2.35 bits per heavy atom. The van der Waals surface area contributed by atoms with Gasteiger partial charge in [-0.25, -0.2) is 0 Å². The molecule has 2 aromatic carbocycles. The predicted molar refractivity (Wildman–Crippen MR) is 78.9 cm³/mol. The molecule has 20 heavy (non-hydrogen) atoms. The number of nitrogens with two attached hydrogens (primary N) is 1. The molecule has 3 nitrogen and oxygen atoms in total. The molecule has 0 atom stereocenters. The van der Waals surface area contributed by atoms with E-state index in [0.29, 0.717) is 19.8 Å². The topological polar surface area (TPSA) is 44.5 Å². The van der Waals surface area contributed by atoms with Crippen LogP contribution < -0.4 is 10.5 Å². The lowest BCUT2D eigenvalue weighted by Gasteiger charge is -2.43. The maximum absolute atomic E-state index is 5.67. The minimum absolute atomic E-state index is 0.0975. The van der Waals surface area contributed by atoms with E-state index in [2.05, 4.69) is 30.3 Å². The van der Waals surface area contributed by atoms with Crippen molar-refractivity contribution in [2.75, 3.05) is 20.3 Å². The lowest BCUT2D eigenvalue weighted by Crippen LogP contribution is -2.47. The van der Waals surface area contributed by atoms with Crippen molar-refractivity contribution in [2.45, 2.75) is 12.0 Å². The summed E-state index contributed by atoms with van der Waals surface area (Å²) in [5, 5.41) is 0. The quantitative estimate of drug-likeness (QED) is 0.927. The van der Waals surface area contributed by atoms with Gasteiger partial charge in [-0.2, -0.15) is 0 Å². The van der Waals surface area contributed by atoms with Gasteiger partial charge in [0.05, 0.1) is 25.7 Å². The first-order valence-electron chi connectivity index (χ1n) is 6.81. The molecule has 0 radical (unpaired) electrons. The Bertz CT molecular complexity index is 588. The van der Waals surface area contributed by atoms with Crippen LogP contribution in [0.4, 0.5) is 0 Å². The van der Waals surface area contributed by atoms with Crippen molar-refractivity contribution in [2.24, 2.45) is 5.73 Å². The number of rotatable bonds is 4. The van der Waals surface area contributed by atoms with Gasteiger partial charge < -0.3 is 15.2 Å². The highest BCUT2D eigenvalue weighted by molar-refractivity contribution is 5.49. The van der Waals surface area contributed by atoms with Gasteiger partial charge in [0.1, 0.15) is 5.75 Å². The van der Waals surface area contributed by atoms with E-state index in [1.807, 2.05) is 18.2 Å². The Balaban J connectivity index is 2.06. The van der Waals surface area contributed by atoms with Crippen LogP contribution in [-0.4, -0.2) is 20.3 Å². The predicted octanol–water partition coefficient (Wildman–Crippen LogP) is 2.47. The van der Waals surface area contributed by atoms with E-state index in [9.17, 15) is 0 Å². The Labute approximate surface area is 119 Å². The van der Waals surface area contributed by atoms with Crippen molar-refractivity contribution >= 4 is 0 Å². The third-order valence-electron chi connectivity index (χ3n) is 4.06. The number of methoxy groups -OCH3 is 1. The van der Waals surface area contributed by atoms with Crippen LogP contribution >= 0.6 is 0 Å². The van der Waals surface area contributed by atoms with Crippen LogP contribution in [0.3, 0.4) is 0 Å². The van der Waals surface area contributed by atoms with Crippen LogP contribution in [0.5, 0.6) is 5.75 Å². The average Bonchev–Trinajstić information content (AvgIpc) is 2.47. The molecule has 104 valence electrons. The minimum Gasteiger partial charge on any atom is -0.496 e. The van der Waals surface area contributed by atoms with E-state index >= 15 is 0 Å². The van der Waals surface area contributed by atoms with Crippen molar-refractivity contribution < 1.29 is 9.47 Å². The second-order valence-electron chi connectivity index (χ2n) is 5.18. The Morgan fingerprint density at radius 2 is 1.80 bits per heavy atom. The number of para-hydroxylation sites is 1. The zero-order valence-electron chi connectivity index (χ0n) is 11.6. The summed E-state index contributed by atoms with van der Waals surface area (Å²) in [5.41, 5.74) is 9.16. The molecule has 1 aliphatic heterocycles. The number of hydrogen-bond donors (Lipinski definition) is 1. The first kappa shape index (κ1) is 13.2. The van der Waals surface area contributed by atoms with Gasteiger partial charge in [0.25, 0.3) is 0 Å². The highest BCUT2D eigenvalue weighted by atomic mass is 16.5. The van der Waals surface area contributed by atoms with E-state index in [0.717, 1.165) is 11.3 Å². The van der Waals surface area contributed by atoms with Gasteiger partial charge in [-0.15, -0.1) is 0 Å². The molecule has 0 spiro atoms. The smallest absolute Gasteiger partial charge is 0.123 e. The van der Waals surface area contributed by atoms with Crippen molar-refractivity contribution in [3.05, 3.63) is 65.2 Å². The minimum atomic E-state index is -0.0975. The molecule has 2 aromatic rings. The first-order valence-corrected chi connectivity index (χ1v) is 6.81. The van der Waals surface area contributed by atoms with Crippen molar-refractivity contribution in [1.82, 2.24) is 0 Å². The molecule has 0 saturated carbocycles. The SMILES string of the molecule is COc1ccccc1C1(c2ccc(CN)cc2)COC1. The van der Waals surface area contributed by atoms with Crippen LogP contribution in [0, 0.1) is 0 Å². The fraction of sp³-hybridized carbons (Fsp3) is 0.294.